The number of hydrogen-bond donors (Lipinski definition) is 1. The Hall–Kier alpha value is -1.27. The number of methoxy groups -OCH3 is 2. The van der Waals surface area contributed by atoms with Gasteiger partial charge in [0.25, 0.3) is 0 Å². The maximum atomic E-state index is 5.38. The van der Waals surface area contributed by atoms with E-state index in [0.29, 0.717) is 0 Å². The summed E-state index contributed by atoms with van der Waals surface area (Å²) >= 11 is 2.36. The second kappa shape index (κ2) is 6.95. The van der Waals surface area contributed by atoms with Gasteiger partial charge in [-0.25, -0.2) is 0 Å². The van der Waals surface area contributed by atoms with Gasteiger partial charge in [-0.2, -0.15) is 0 Å². The Labute approximate surface area is 133 Å². The zero-order chi connectivity index (χ0) is 14.5. The van der Waals surface area contributed by atoms with E-state index in [1.165, 1.54) is 9.13 Å². The van der Waals surface area contributed by atoms with Gasteiger partial charge in [0.05, 0.1) is 20.3 Å². The van der Waals surface area contributed by atoms with Crippen molar-refractivity contribution < 1.29 is 9.47 Å². The van der Waals surface area contributed by atoms with E-state index in [2.05, 4.69) is 52.2 Å². The lowest BCUT2D eigenvalue weighted by molar-refractivity contribution is 0.354. The molecule has 4 heteroatoms. The third kappa shape index (κ3) is 3.07. The second-order valence-electron chi connectivity index (χ2n) is 4.36. The van der Waals surface area contributed by atoms with Crippen molar-refractivity contribution in [3.05, 3.63) is 57.2 Å². The van der Waals surface area contributed by atoms with Crippen molar-refractivity contribution >= 4 is 22.6 Å². The quantitative estimate of drug-likeness (QED) is 0.801. The summed E-state index contributed by atoms with van der Waals surface area (Å²) in [6.45, 7) is 0. The number of rotatable bonds is 5. The van der Waals surface area contributed by atoms with Crippen LogP contribution in [0.25, 0.3) is 0 Å². The molecule has 0 bridgehead atoms. The van der Waals surface area contributed by atoms with Crippen LogP contribution < -0.4 is 14.8 Å². The number of benzene rings is 2. The Bertz CT molecular complexity index is 586. The molecule has 0 saturated carbocycles. The number of ether oxygens (including phenoxy) is 2. The molecule has 1 unspecified atom stereocenters. The van der Waals surface area contributed by atoms with Gasteiger partial charge in [-0.05, 0) is 59.0 Å². The lowest BCUT2D eigenvalue weighted by Crippen LogP contribution is -2.18. The minimum atomic E-state index is 0.128. The Morgan fingerprint density at radius 3 is 2.30 bits per heavy atom. The molecule has 0 aliphatic rings. The molecule has 0 fully saturated rings. The van der Waals surface area contributed by atoms with Crippen LogP contribution in [-0.4, -0.2) is 21.3 Å². The number of nitrogens with one attached hydrogen (secondary N) is 1. The van der Waals surface area contributed by atoms with Crippen molar-refractivity contribution in [2.75, 3.05) is 21.3 Å². The number of hydrogen-bond acceptors (Lipinski definition) is 3. The first kappa shape index (κ1) is 15.1. The van der Waals surface area contributed by atoms with Gasteiger partial charge in [-0.3, -0.25) is 0 Å². The third-order valence-corrected chi connectivity index (χ3v) is 4.23. The zero-order valence-corrected chi connectivity index (χ0v) is 14.0. The maximum absolute atomic E-state index is 5.38. The predicted molar refractivity (Wildman–Crippen MR) is 89.6 cm³/mol. The minimum Gasteiger partial charge on any atom is -0.493 e. The molecular formula is C16H18INO2. The van der Waals surface area contributed by atoms with Crippen LogP contribution in [0.4, 0.5) is 0 Å². The second-order valence-corrected chi connectivity index (χ2v) is 5.52. The van der Waals surface area contributed by atoms with Crippen molar-refractivity contribution in [1.29, 1.82) is 0 Å². The molecule has 0 heterocycles. The normalized spacial score (nSPS) is 12.0. The Morgan fingerprint density at radius 1 is 1.00 bits per heavy atom. The van der Waals surface area contributed by atoms with E-state index >= 15 is 0 Å². The average Bonchev–Trinajstić information content (AvgIpc) is 2.49. The Morgan fingerprint density at radius 2 is 1.70 bits per heavy atom. The lowest BCUT2D eigenvalue weighted by atomic mass is 9.98. The molecule has 0 aliphatic carbocycles. The highest BCUT2D eigenvalue weighted by Gasteiger charge is 2.16. The van der Waals surface area contributed by atoms with Crippen LogP contribution >= 0.6 is 22.6 Å². The third-order valence-electron chi connectivity index (χ3n) is 3.25. The molecule has 0 saturated heterocycles. The fraction of sp³-hybridized carbons (Fsp3) is 0.250. The smallest absolute Gasteiger partial charge is 0.161 e. The van der Waals surface area contributed by atoms with E-state index in [1.54, 1.807) is 14.2 Å². The van der Waals surface area contributed by atoms with Crippen LogP contribution in [0.1, 0.15) is 17.2 Å². The fourth-order valence-electron chi connectivity index (χ4n) is 2.24. The highest BCUT2D eigenvalue weighted by molar-refractivity contribution is 14.1. The first-order valence-electron chi connectivity index (χ1n) is 6.35. The number of halogens is 1. The van der Waals surface area contributed by atoms with Gasteiger partial charge in [0, 0.05) is 3.57 Å². The molecule has 0 aromatic heterocycles. The Kier molecular flexibility index (Phi) is 5.25. The van der Waals surface area contributed by atoms with E-state index < -0.39 is 0 Å². The molecular weight excluding hydrogens is 365 g/mol. The van der Waals surface area contributed by atoms with Gasteiger partial charge in [0.2, 0.25) is 0 Å². The van der Waals surface area contributed by atoms with Gasteiger partial charge in [-0.1, -0.05) is 24.3 Å². The summed E-state index contributed by atoms with van der Waals surface area (Å²) in [5.74, 6) is 1.49. The summed E-state index contributed by atoms with van der Waals surface area (Å²) in [5, 5.41) is 3.36. The zero-order valence-electron chi connectivity index (χ0n) is 11.8. The first-order valence-corrected chi connectivity index (χ1v) is 7.42. The molecule has 2 rings (SSSR count). The average molecular weight is 383 g/mol. The SMILES string of the molecule is CNC(c1ccc(OC)c(OC)c1)c1ccccc1I. The van der Waals surface area contributed by atoms with Crippen LogP contribution in [0.5, 0.6) is 11.5 Å². The van der Waals surface area contributed by atoms with Crippen LogP contribution in [0, 0.1) is 3.57 Å². The molecule has 2 aromatic carbocycles. The molecule has 106 valence electrons. The topological polar surface area (TPSA) is 30.5 Å². The van der Waals surface area contributed by atoms with Crippen molar-refractivity contribution in [1.82, 2.24) is 5.32 Å². The molecule has 1 atom stereocenters. The first-order chi connectivity index (χ1) is 9.71. The van der Waals surface area contributed by atoms with Crippen LogP contribution in [0.3, 0.4) is 0 Å². The monoisotopic (exact) mass is 383 g/mol. The van der Waals surface area contributed by atoms with E-state index in [1.807, 2.05) is 25.2 Å². The minimum absolute atomic E-state index is 0.128. The summed E-state index contributed by atoms with van der Waals surface area (Å²) in [7, 11) is 5.26. The summed E-state index contributed by atoms with van der Waals surface area (Å²) in [4.78, 5) is 0. The van der Waals surface area contributed by atoms with Crippen LogP contribution in [0.15, 0.2) is 42.5 Å². The largest absolute Gasteiger partial charge is 0.493 e. The molecule has 3 nitrogen and oxygen atoms in total. The maximum Gasteiger partial charge on any atom is 0.161 e. The molecule has 1 N–H and O–H groups in total. The Balaban J connectivity index is 2.45. The van der Waals surface area contributed by atoms with Crippen molar-refractivity contribution in [2.45, 2.75) is 6.04 Å². The van der Waals surface area contributed by atoms with Crippen LogP contribution in [0.2, 0.25) is 0 Å². The van der Waals surface area contributed by atoms with Crippen LogP contribution in [-0.2, 0) is 0 Å². The molecule has 0 spiro atoms. The molecule has 20 heavy (non-hydrogen) atoms. The molecule has 0 radical (unpaired) electrons. The van der Waals surface area contributed by atoms with Crippen molar-refractivity contribution in [3.8, 4) is 11.5 Å². The van der Waals surface area contributed by atoms with Gasteiger partial charge in [0.15, 0.2) is 11.5 Å². The van der Waals surface area contributed by atoms with E-state index in [-0.39, 0.29) is 6.04 Å². The molecule has 2 aromatic rings. The standard InChI is InChI=1S/C16H18INO2/c1-18-16(12-6-4-5-7-13(12)17)11-8-9-14(19-2)15(10-11)20-3/h4-10,16,18H,1-3H3. The van der Waals surface area contributed by atoms with Gasteiger partial charge >= 0.3 is 0 Å². The molecule has 0 aliphatic heterocycles. The van der Waals surface area contributed by atoms with Gasteiger partial charge in [0.1, 0.15) is 0 Å². The molecule has 0 amide bonds. The van der Waals surface area contributed by atoms with Gasteiger partial charge in [-0.15, -0.1) is 0 Å². The summed E-state index contributed by atoms with van der Waals surface area (Å²) in [5.41, 5.74) is 2.40. The van der Waals surface area contributed by atoms with Crippen molar-refractivity contribution in [3.63, 3.8) is 0 Å². The summed E-state index contributed by atoms with van der Waals surface area (Å²) in [6.07, 6.45) is 0. The lowest BCUT2D eigenvalue weighted by Gasteiger charge is -2.20. The van der Waals surface area contributed by atoms with Gasteiger partial charge < -0.3 is 14.8 Å². The summed E-state index contributed by atoms with van der Waals surface area (Å²) < 4.78 is 11.9. The van der Waals surface area contributed by atoms with E-state index in [9.17, 15) is 0 Å². The highest BCUT2D eigenvalue weighted by atomic mass is 127. The fourth-order valence-corrected chi connectivity index (χ4v) is 2.94. The van der Waals surface area contributed by atoms with E-state index in [4.69, 9.17) is 9.47 Å². The highest BCUT2D eigenvalue weighted by Crippen LogP contribution is 2.33. The van der Waals surface area contributed by atoms with Crippen molar-refractivity contribution in [2.24, 2.45) is 0 Å². The predicted octanol–water partition coefficient (Wildman–Crippen LogP) is 3.62. The van der Waals surface area contributed by atoms with E-state index in [0.717, 1.165) is 17.1 Å². The summed E-state index contributed by atoms with van der Waals surface area (Å²) in [6, 6.07) is 14.5.